The van der Waals surface area contributed by atoms with Crippen LogP contribution in [-0.2, 0) is 11.2 Å². The van der Waals surface area contributed by atoms with Crippen molar-refractivity contribution in [2.75, 3.05) is 0 Å². The standard InChI is InChI=1S/C13H15Cl2NO/c14-10-4-3-9(11(15)8-10)7-12(17)13(16)5-1-2-6-13/h3-4,8H,1-2,5-7,16H2. The molecule has 1 aliphatic carbocycles. The highest BCUT2D eigenvalue weighted by atomic mass is 35.5. The van der Waals surface area contributed by atoms with Crippen LogP contribution in [0.5, 0.6) is 0 Å². The van der Waals surface area contributed by atoms with E-state index in [1.165, 1.54) is 0 Å². The minimum absolute atomic E-state index is 0.0826. The predicted molar refractivity (Wildman–Crippen MR) is 70.6 cm³/mol. The highest BCUT2D eigenvalue weighted by molar-refractivity contribution is 6.35. The number of Topliss-reactive ketones (excluding diaryl/α,β-unsaturated/α-hetero) is 1. The molecule has 2 N–H and O–H groups in total. The van der Waals surface area contributed by atoms with Crippen molar-refractivity contribution >= 4 is 29.0 Å². The molecule has 2 rings (SSSR count). The molecule has 1 aromatic carbocycles. The third-order valence-corrected chi connectivity index (χ3v) is 4.00. The molecular weight excluding hydrogens is 257 g/mol. The third kappa shape index (κ3) is 2.82. The van der Waals surface area contributed by atoms with E-state index in [-0.39, 0.29) is 5.78 Å². The van der Waals surface area contributed by atoms with Crippen molar-refractivity contribution in [1.29, 1.82) is 0 Å². The van der Waals surface area contributed by atoms with Crippen LogP contribution in [-0.4, -0.2) is 11.3 Å². The lowest BCUT2D eigenvalue weighted by atomic mass is 9.89. The van der Waals surface area contributed by atoms with Gasteiger partial charge in [0.1, 0.15) is 0 Å². The van der Waals surface area contributed by atoms with E-state index in [9.17, 15) is 4.79 Å². The molecule has 17 heavy (non-hydrogen) atoms. The summed E-state index contributed by atoms with van der Waals surface area (Å²) in [4.78, 5) is 12.2. The van der Waals surface area contributed by atoms with Crippen LogP contribution in [0.15, 0.2) is 18.2 Å². The molecule has 2 nitrogen and oxygen atoms in total. The number of halogens is 2. The second kappa shape index (κ2) is 4.97. The van der Waals surface area contributed by atoms with Crippen molar-refractivity contribution in [3.63, 3.8) is 0 Å². The molecular formula is C13H15Cl2NO. The fourth-order valence-corrected chi connectivity index (χ4v) is 2.77. The van der Waals surface area contributed by atoms with Gasteiger partial charge in [-0.3, -0.25) is 4.79 Å². The zero-order chi connectivity index (χ0) is 12.5. The highest BCUT2D eigenvalue weighted by Crippen LogP contribution is 2.30. The minimum atomic E-state index is -0.636. The van der Waals surface area contributed by atoms with E-state index in [1.807, 2.05) is 0 Å². The van der Waals surface area contributed by atoms with Crippen molar-refractivity contribution in [2.24, 2.45) is 5.73 Å². The Morgan fingerprint density at radius 2 is 1.94 bits per heavy atom. The van der Waals surface area contributed by atoms with E-state index < -0.39 is 5.54 Å². The van der Waals surface area contributed by atoms with Crippen molar-refractivity contribution in [3.8, 4) is 0 Å². The number of carbonyl (C=O) groups excluding carboxylic acids is 1. The Kier molecular flexibility index (Phi) is 3.76. The van der Waals surface area contributed by atoms with Crippen LogP contribution in [0, 0.1) is 0 Å². The van der Waals surface area contributed by atoms with Crippen molar-refractivity contribution < 1.29 is 4.79 Å². The molecule has 92 valence electrons. The van der Waals surface area contributed by atoms with Gasteiger partial charge in [-0.05, 0) is 30.5 Å². The quantitative estimate of drug-likeness (QED) is 0.916. The number of hydrogen-bond donors (Lipinski definition) is 1. The average molecular weight is 272 g/mol. The first-order valence-electron chi connectivity index (χ1n) is 5.77. The largest absolute Gasteiger partial charge is 0.319 e. The van der Waals surface area contributed by atoms with Gasteiger partial charge in [-0.25, -0.2) is 0 Å². The molecule has 0 spiro atoms. The van der Waals surface area contributed by atoms with Crippen LogP contribution in [0.1, 0.15) is 31.2 Å². The smallest absolute Gasteiger partial charge is 0.157 e. The minimum Gasteiger partial charge on any atom is -0.319 e. The lowest BCUT2D eigenvalue weighted by molar-refractivity contribution is -0.123. The molecule has 0 atom stereocenters. The molecule has 0 aliphatic heterocycles. The highest BCUT2D eigenvalue weighted by Gasteiger charge is 2.36. The fourth-order valence-electron chi connectivity index (χ4n) is 2.30. The van der Waals surface area contributed by atoms with E-state index in [2.05, 4.69) is 0 Å². The average Bonchev–Trinajstić information content (AvgIpc) is 2.71. The monoisotopic (exact) mass is 271 g/mol. The molecule has 4 heteroatoms. The van der Waals surface area contributed by atoms with Gasteiger partial charge >= 0.3 is 0 Å². The number of benzene rings is 1. The van der Waals surface area contributed by atoms with Gasteiger partial charge in [-0.15, -0.1) is 0 Å². The molecule has 0 bridgehead atoms. The van der Waals surface area contributed by atoms with E-state index in [1.54, 1.807) is 18.2 Å². The summed E-state index contributed by atoms with van der Waals surface area (Å²) in [6.45, 7) is 0. The van der Waals surface area contributed by atoms with Gasteiger partial charge in [-0.2, -0.15) is 0 Å². The summed E-state index contributed by atoms with van der Waals surface area (Å²) >= 11 is 11.9. The van der Waals surface area contributed by atoms with Crippen LogP contribution in [0.3, 0.4) is 0 Å². The van der Waals surface area contributed by atoms with Crippen molar-refractivity contribution in [3.05, 3.63) is 33.8 Å². The number of rotatable bonds is 3. The molecule has 0 aromatic heterocycles. The SMILES string of the molecule is NC1(C(=O)Cc2ccc(Cl)cc2Cl)CCCC1. The summed E-state index contributed by atoms with van der Waals surface area (Å²) in [6.07, 6.45) is 3.95. The molecule has 1 aromatic rings. The lowest BCUT2D eigenvalue weighted by Gasteiger charge is -2.21. The molecule has 1 fully saturated rings. The molecule has 1 aliphatic rings. The second-order valence-corrected chi connectivity index (χ2v) is 5.54. The van der Waals surface area contributed by atoms with Gasteiger partial charge < -0.3 is 5.73 Å². The number of hydrogen-bond acceptors (Lipinski definition) is 2. The summed E-state index contributed by atoms with van der Waals surface area (Å²) in [5, 5.41) is 1.11. The normalized spacial score (nSPS) is 18.3. The van der Waals surface area contributed by atoms with Gasteiger partial charge in [0.2, 0.25) is 0 Å². The first kappa shape index (κ1) is 12.9. The Hall–Kier alpha value is -0.570. The van der Waals surface area contributed by atoms with Crippen molar-refractivity contribution in [2.45, 2.75) is 37.6 Å². The fraction of sp³-hybridized carbons (Fsp3) is 0.462. The Labute approximate surface area is 111 Å². The lowest BCUT2D eigenvalue weighted by Crippen LogP contribution is -2.46. The topological polar surface area (TPSA) is 43.1 Å². The Balaban J connectivity index is 2.13. The maximum atomic E-state index is 12.2. The first-order chi connectivity index (χ1) is 8.01. The van der Waals surface area contributed by atoms with Gasteiger partial charge in [0.15, 0.2) is 5.78 Å². The summed E-state index contributed by atoms with van der Waals surface area (Å²) < 4.78 is 0. The number of ketones is 1. The van der Waals surface area contributed by atoms with E-state index in [0.717, 1.165) is 31.2 Å². The maximum Gasteiger partial charge on any atom is 0.157 e. The van der Waals surface area contributed by atoms with E-state index in [0.29, 0.717) is 16.5 Å². The predicted octanol–water partition coefficient (Wildman–Crippen LogP) is 3.38. The summed E-state index contributed by atoms with van der Waals surface area (Å²) in [5.41, 5.74) is 6.28. The van der Waals surface area contributed by atoms with Gasteiger partial charge in [0.25, 0.3) is 0 Å². The molecule has 0 unspecified atom stereocenters. The zero-order valence-electron chi connectivity index (χ0n) is 9.51. The Morgan fingerprint density at radius 1 is 1.29 bits per heavy atom. The first-order valence-corrected chi connectivity index (χ1v) is 6.53. The molecule has 0 saturated heterocycles. The van der Waals surface area contributed by atoms with Crippen LogP contribution in [0.25, 0.3) is 0 Å². The van der Waals surface area contributed by atoms with E-state index >= 15 is 0 Å². The van der Waals surface area contributed by atoms with Gasteiger partial charge in [0.05, 0.1) is 5.54 Å². The van der Waals surface area contributed by atoms with E-state index in [4.69, 9.17) is 28.9 Å². The Morgan fingerprint density at radius 3 is 2.53 bits per heavy atom. The summed E-state index contributed by atoms with van der Waals surface area (Å²) in [5.74, 6) is 0.0826. The van der Waals surface area contributed by atoms with Crippen LogP contribution < -0.4 is 5.73 Å². The number of carbonyl (C=O) groups is 1. The van der Waals surface area contributed by atoms with Crippen LogP contribution >= 0.6 is 23.2 Å². The van der Waals surface area contributed by atoms with Crippen LogP contribution in [0.2, 0.25) is 10.0 Å². The number of nitrogens with two attached hydrogens (primary N) is 1. The van der Waals surface area contributed by atoms with Crippen LogP contribution in [0.4, 0.5) is 0 Å². The maximum absolute atomic E-state index is 12.2. The molecule has 0 amide bonds. The van der Waals surface area contributed by atoms with Gasteiger partial charge in [-0.1, -0.05) is 42.1 Å². The van der Waals surface area contributed by atoms with Gasteiger partial charge in [0, 0.05) is 16.5 Å². The summed E-state index contributed by atoms with van der Waals surface area (Å²) in [6, 6.07) is 5.19. The third-order valence-electron chi connectivity index (χ3n) is 3.42. The summed E-state index contributed by atoms with van der Waals surface area (Å²) in [7, 11) is 0. The Bertz CT molecular complexity index is 439. The molecule has 1 saturated carbocycles. The second-order valence-electron chi connectivity index (χ2n) is 4.70. The molecule has 0 heterocycles. The zero-order valence-corrected chi connectivity index (χ0v) is 11.0. The van der Waals surface area contributed by atoms with Crippen molar-refractivity contribution in [1.82, 2.24) is 0 Å². The molecule has 0 radical (unpaired) electrons.